The van der Waals surface area contributed by atoms with E-state index in [1.54, 1.807) is 0 Å². The third-order valence-electron chi connectivity index (χ3n) is 4.36. The molecular formula is C19H36N2O4. The number of ether oxygens (including phenoxy) is 2. The van der Waals surface area contributed by atoms with Crippen LogP contribution in [0.5, 0.6) is 0 Å². The van der Waals surface area contributed by atoms with E-state index in [0.29, 0.717) is 6.42 Å². The van der Waals surface area contributed by atoms with Crippen LogP contribution >= 0.6 is 0 Å². The van der Waals surface area contributed by atoms with Crippen LogP contribution in [0.4, 0.5) is 4.79 Å². The van der Waals surface area contributed by atoms with Gasteiger partial charge in [0.15, 0.2) is 0 Å². The van der Waals surface area contributed by atoms with E-state index < -0.39 is 5.60 Å². The summed E-state index contributed by atoms with van der Waals surface area (Å²) in [7, 11) is 1.44. The average molecular weight is 357 g/mol. The van der Waals surface area contributed by atoms with E-state index >= 15 is 0 Å². The first-order valence-electron chi connectivity index (χ1n) is 9.59. The molecule has 1 heterocycles. The van der Waals surface area contributed by atoms with E-state index in [4.69, 9.17) is 4.74 Å². The van der Waals surface area contributed by atoms with Gasteiger partial charge in [-0.1, -0.05) is 25.7 Å². The summed E-state index contributed by atoms with van der Waals surface area (Å²) in [6.07, 6.45) is 7.21. The van der Waals surface area contributed by atoms with E-state index in [9.17, 15) is 9.59 Å². The number of hydrogen-bond acceptors (Lipinski definition) is 5. The highest BCUT2D eigenvalue weighted by Gasteiger charge is 2.25. The monoisotopic (exact) mass is 356 g/mol. The zero-order valence-electron chi connectivity index (χ0n) is 16.5. The van der Waals surface area contributed by atoms with Crippen LogP contribution < -0.4 is 0 Å². The van der Waals surface area contributed by atoms with Gasteiger partial charge in [-0.05, 0) is 40.2 Å². The van der Waals surface area contributed by atoms with Crippen molar-refractivity contribution in [2.45, 2.75) is 71.3 Å². The molecule has 0 aromatic rings. The fraction of sp³-hybridized carbons (Fsp3) is 0.895. The molecule has 1 saturated heterocycles. The highest BCUT2D eigenvalue weighted by Crippen LogP contribution is 2.13. The molecule has 1 amide bonds. The molecular weight excluding hydrogens is 320 g/mol. The number of hydrogen-bond donors (Lipinski definition) is 0. The minimum atomic E-state index is -0.426. The van der Waals surface area contributed by atoms with Gasteiger partial charge in [-0.3, -0.25) is 9.69 Å². The number of esters is 1. The molecule has 0 aliphatic carbocycles. The normalized spacial score (nSPS) is 15.9. The minimum absolute atomic E-state index is 0.106. The highest BCUT2D eigenvalue weighted by molar-refractivity contribution is 5.69. The van der Waals surface area contributed by atoms with Crippen LogP contribution in [0.15, 0.2) is 0 Å². The van der Waals surface area contributed by atoms with Crippen molar-refractivity contribution < 1.29 is 19.1 Å². The van der Waals surface area contributed by atoms with Crippen LogP contribution in [0, 0.1) is 0 Å². The zero-order valence-corrected chi connectivity index (χ0v) is 16.5. The summed E-state index contributed by atoms with van der Waals surface area (Å²) in [5.74, 6) is -0.106. The Bertz CT molecular complexity index is 399. The van der Waals surface area contributed by atoms with Gasteiger partial charge in [-0.2, -0.15) is 0 Å². The Hall–Kier alpha value is -1.30. The lowest BCUT2D eigenvalue weighted by Gasteiger charge is -2.35. The fourth-order valence-electron chi connectivity index (χ4n) is 2.89. The summed E-state index contributed by atoms with van der Waals surface area (Å²) in [6, 6.07) is 0. The van der Waals surface area contributed by atoms with Crippen molar-refractivity contribution in [2.24, 2.45) is 0 Å². The summed E-state index contributed by atoms with van der Waals surface area (Å²) in [5.41, 5.74) is -0.426. The van der Waals surface area contributed by atoms with Crippen LogP contribution in [0.25, 0.3) is 0 Å². The zero-order chi connectivity index (χ0) is 18.7. The summed E-state index contributed by atoms with van der Waals surface area (Å²) >= 11 is 0. The van der Waals surface area contributed by atoms with Gasteiger partial charge in [0.1, 0.15) is 5.60 Å². The largest absolute Gasteiger partial charge is 0.469 e. The highest BCUT2D eigenvalue weighted by atomic mass is 16.6. The van der Waals surface area contributed by atoms with E-state index in [0.717, 1.165) is 45.6 Å². The lowest BCUT2D eigenvalue weighted by molar-refractivity contribution is -0.140. The van der Waals surface area contributed by atoms with Gasteiger partial charge in [0, 0.05) is 32.6 Å². The summed E-state index contributed by atoms with van der Waals surface area (Å²) in [6.45, 7) is 10.2. The van der Waals surface area contributed by atoms with Crippen molar-refractivity contribution in [2.75, 3.05) is 39.8 Å². The van der Waals surface area contributed by atoms with Crippen LogP contribution in [-0.2, 0) is 14.3 Å². The van der Waals surface area contributed by atoms with E-state index in [1.165, 1.54) is 32.8 Å². The third kappa shape index (κ3) is 10.3. The first-order chi connectivity index (χ1) is 11.8. The Morgan fingerprint density at radius 1 is 0.880 bits per heavy atom. The molecule has 6 nitrogen and oxygen atoms in total. The quantitative estimate of drug-likeness (QED) is 0.468. The smallest absolute Gasteiger partial charge is 0.410 e. The maximum Gasteiger partial charge on any atom is 0.410 e. The van der Waals surface area contributed by atoms with Gasteiger partial charge in [0.25, 0.3) is 0 Å². The third-order valence-corrected chi connectivity index (χ3v) is 4.36. The van der Waals surface area contributed by atoms with Gasteiger partial charge < -0.3 is 14.4 Å². The summed E-state index contributed by atoms with van der Waals surface area (Å²) < 4.78 is 10.1. The number of amides is 1. The van der Waals surface area contributed by atoms with Crippen LogP contribution in [-0.4, -0.2) is 67.3 Å². The Balaban J connectivity index is 2.00. The van der Waals surface area contributed by atoms with Crippen LogP contribution in [0.3, 0.4) is 0 Å². The molecule has 1 rings (SSSR count). The number of carbonyl (C=O) groups is 2. The van der Waals surface area contributed by atoms with E-state index in [2.05, 4.69) is 9.64 Å². The van der Waals surface area contributed by atoms with Gasteiger partial charge >= 0.3 is 12.1 Å². The first-order valence-corrected chi connectivity index (χ1v) is 9.59. The predicted molar refractivity (Wildman–Crippen MR) is 98.6 cm³/mol. The molecule has 1 aliphatic rings. The molecule has 25 heavy (non-hydrogen) atoms. The van der Waals surface area contributed by atoms with Crippen LogP contribution in [0.2, 0.25) is 0 Å². The molecule has 0 radical (unpaired) electrons. The maximum absolute atomic E-state index is 12.0. The van der Waals surface area contributed by atoms with Gasteiger partial charge in [0.2, 0.25) is 0 Å². The SMILES string of the molecule is COC(=O)CCCCCCCCN1CCN(C(=O)OC(C)(C)C)CC1. The summed E-state index contributed by atoms with van der Waals surface area (Å²) in [4.78, 5) is 27.3. The molecule has 0 aromatic heterocycles. The number of rotatable bonds is 9. The number of methoxy groups -OCH3 is 1. The molecule has 1 fully saturated rings. The molecule has 0 N–H and O–H groups in total. The van der Waals surface area contributed by atoms with Crippen molar-refractivity contribution in [1.82, 2.24) is 9.80 Å². The Morgan fingerprint density at radius 3 is 2.00 bits per heavy atom. The Kier molecular flexibility index (Phi) is 9.86. The second kappa shape index (κ2) is 11.3. The number of nitrogens with zero attached hydrogens (tertiary/aromatic N) is 2. The first kappa shape index (κ1) is 21.7. The summed E-state index contributed by atoms with van der Waals surface area (Å²) in [5, 5.41) is 0. The lowest BCUT2D eigenvalue weighted by atomic mass is 10.1. The molecule has 0 atom stereocenters. The maximum atomic E-state index is 12.0. The molecule has 0 spiro atoms. The predicted octanol–water partition coefficient (Wildman–Crippen LogP) is 3.44. The van der Waals surface area contributed by atoms with Gasteiger partial charge in [-0.25, -0.2) is 4.79 Å². The average Bonchev–Trinajstić information content (AvgIpc) is 2.56. The van der Waals surface area contributed by atoms with E-state index in [-0.39, 0.29) is 12.1 Å². The second-order valence-electron chi connectivity index (χ2n) is 7.76. The van der Waals surface area contributed by atoms with Gasteiger partial charge in [-0.15, -0.1) is 0 Å². The van der Waals surface area contributed by atoms with E-state index in [1.807, 2.05) is 25.7 Å². The number of unbranched alkanes of at least 4 members (excludes halogenated alkanes) is 5. The van der Waals surface area contributed by atoms with Crippen LogP contribution in [0.1, 0.15) is 65.7 Å². The molecule has 1 aliphatic heterocycles. The lowest BCUT2D eigenvalue weighted by Crippen LogP contribution is -2.50. The molecule has 6 heteroatoms. The molecule has 0 aromatic carbocycles. The van der Waals surface area contributed by atoms with Gasteiger partial charge in [0.05, 0.1) is 7.11 Å². The Morgan fingerprint density at radius 2 is 1.44 bits per heavy atom. The van der Waals surface area contributed by atoms with Crippen molar-refractivity contribution in [3.8, 4) is 0 Å². The molecule has 0 saturated carbocycles. The standard InChI is InChI=1S/C19H36N2O4/c1-19(2,3)25-18(23)21-15-13-20(14-16-21)12-10-8-6-5-7-9-11-17(22)24-4/h5-16H2,1-4H3. The van der Waals surface area contributed by atoms with Crippen molar-refractivity contribution in [3.05, 3.63) is 0 Å². The van der Waals surface area contributed by atoms with Crippen molar-refractivity contribution in [1.29, 1.82) is 0 Å². The molecule has 146 valence electrons. The second-order valence-corrected chi connectivity index (χ2v) is 7.76. The topological polar surface area (TPSA) is 59.1 Å². The number of carbonyl (C=O) groups excluding carboxylic acids is 2. The minimum Gasteiger partial charge on any atom is -0.469 e. The van der Waals surface area contributed by atoms with Crippen molar-refractivity contribution >= 4 is 12.1 Å². The Labute approximate surface area is 152 Å². The molecule has 0 unspecified atom stereocenters. The number of piperazine rings is 1. The fourth-order valence-corrected chi connectivity index (χ4v) is 2.89. The van der Waals surface area contributed by atoms with Crippen molar-refractivity contribution in [3.63, 3.8) is 0 Å². The molecule has 0 bridgehead atoms.